The van der Waals surface area contributed by atoms with Crippen molar-refractivity contribution in [2.75, 3.05) is 19.6 Å². The first-order chi connectivity index (χ1) is 7.51. The van der Waals surface area contributed by atoms with Gasteiger partial charge in [-0.3, -0.25) is 4.79 Å². The number of amides is 1. The summed E-state index contributed by atoms with van der Waals surface area (Å²) in [6.45, 7) is 7.85. The minimum Gasteiger partial charge on any atom is -0.330 e. The number of carbonyl (C=O) groups is 1. The van der Waals surface area contributed by atoms with Gasteiger partial charge in [0.25, 0.3) is 0 Å². The Labute approximate surface area is 98.6 Å². The minimum atomic E-state index is -0.513. The van der Waals surface area contributed by atoms with Crippen molar-refractivity contribution in [3.8, 4) is 12.3 Å². The molecule has 0 aromatic carbocycles. The van der Waals surface area contributed by atoms with Gasteiger partial charge in [0, 0.05) is 6.54 Å². The number of hydrogen-bond donors (Lipinski definition) is 1. The van der Waals surface area contributed by atoms with Crippen LogP contribution in [0.3, 0.4) is 0 Å². The van der Waals surface area contributed by atoms with E-state index in [9.17, 15) is 4.79 Å². The maximum atomic E-state index is 12.3. The van der Waals surface area contributed by atoms with Crippen molar-refractivity contribution in [3.05, 3.63) is 0 Å². The van der Waals surface area contributed by atoms with Crippen LogP contribution in [0.4, 0.5) is 0 Å². The van der Waals surface area contributed by atoms with Gasteiger partial charge in [-0.05, 0) is 39.2 Å². The summed E-state index contributed by atoms with van der Waals surface area (Å²) in [6, 6.07) is 0. The van der Waals surface area contributed by atoms with E-state index >= 15 is 0 Å². The molecule has 0 radical (unpaired) electrons. The van der Waals surface area contributed by atoms with Gasteiger partial charge in [0.1, 0.15) is 0 Å². The molecule has 3 heteroatoms. The second kappa shape index (κ2) is 5.36. The minimum absolute atomic E-state index is 0.110. The summed E-state index contributed by atoms with van der Waals surface area (Å²) in [5.41, 5.74) is -0.513. The van der Waals surface area contributed by atoms with E-state index in [1.54, 1.807) is 4.90 Å². The zero-order chi connectivity index (χ0) is 12.2. The predicted octanol–water partition coefficient (Wildman–Crippen LogP) is 1.25. The first-order valence-corrected chi connectivity index (χ1v) is 5.99. The zero-order valence-electron chi connectivity index (χ0n) is 10.5. The lowest BCUT2D eigenvalue weighted by Gasteiger charge is -2.31. The highest BCUT2D eigenvalue weighted by Gasteiger charge is 2.33. The predicted molar refractivity (Wildman–Crippen MR) is 65.9 cm³/mol. The van der Waals surface area contributed by atoms with Crippen molar-refractivity contribution in [3.63, 3.8) is 0 Å². The SMILES string of the molecule is C#CCN(CC1CC1)C(=O)C(C)(C)NCC. The molecule has 0 atom stereocenters. The highest BCUT2D eigenvalue weighted by molar-refractivity contribution is 5.85. The molecule has 1 aliphatic carbocycles. The van der Waals surface area contributed by atoms with Crippen LogP contribution in [0.15, 0.2) is 0 Å². The maximum Gasteiger partial charge on any atom is 0.243 e. The molecule has 1 fully saturated rings. The summed E-state index contributed by atoms with van der Waals surface area (Å²) < 4.78 is 0. The molecule has 90 valence electrons. The highest BCUT2D eigenvalue weighted by Crippen LogP contribution is 2.30. The Morgan fingerprint density at radius 1 is 1.56 bits per heavy atom. The molecular weight excluding hydrogens is 200 g/mol. The summed E-state index contributed by atoms with van der Waals surface area (Å²) in [6.07, 6.45) is 7.78. The lowest BCUT2D eigenvalue weighted by Crippen LogP contribution is -2.54. The second-order valence-electron chi connectivity index (χ2n) is 4.99. The van der Waals surface area contributed by atoms with Crippen LogP contribution in [-0.2, 0) is 4.79 Å². The van der Waals surface area contributed by atoms with Gasteiger partial charge in [0.15, 0.2) is 0 Å². The first kappa shape index (κ1) is 13.1. The fraction of sp³-hybridized carbons (Fsp3) is 0.769. The molecule has 1 rings (SSSR count). The largest absolute Gasteiger partial charge is 0.330 e. The summed E-state index contributed by atoms with van der Waals surface area (Å²) in [5.74, 6) is 3.36. The third kappa shape index (κ3) is 3.53. The van der Waals surface area contributed by atoms with E-state index in [1.807, 2.05) is 20.8 Å². The van der Waals surface area contributed by atoms with Crippen molar-refractivity contribution < 1.29 is 4.79 Å². The number of hydrogen-bond acceptors (Lipinski definition) is 2. The van der Waals surface area contributed by atoms with Crippen LogP contribution in [0.1, 0.15) is 33.6 Å². The van der Waals surface area contributed by atoms with Crippen LogP contribution in [0.2, 0.25) is 0 Å². The van der Waals surface area contributed by atoms with Crippen LogP contribution < -0.4 is 5.32 Å². The van der Waals surface area contributed by atoms with Crippen molar-refractivity contribution >= 4 is 5.91 Å². The molecule has 16 heavy (non-hydrogen) atoms. The van der Waals surface area contributed by atoms with Crippen LogP contribution in [-0.4, -0.2) is 36.0 Å². The van der Waals surface area contributed by atoms with E-state index in [1.165, 1.54) is 12.8 Å². The number of terminal acetylenes is 1. The normalized spacial score (nSPS) is 15.6. The number of nitrogens with one attached hydrogen (secondary N) is 1. The highest BCUT2D eigenvalue weighted by atomic mass is 16.2. The smallest absolute Gasteiger partial charge is 0.243 e. The standard InChI is InChI=1S/C13H22N2O/c1-5-9-15(10-11-7-8-11)12(16)13(3,4)14-6-2/h1,11,14H,6-10H2,2-4H3. The van der Waals surface area contributed by atoms with Crippen LogP contribution in [0.25, 0.3) is 0 Å². The van der Waals surface area contributed by atoms with Crippen LogP contribution in [0.5, 0.6) is 0 Å². The molecule has 0 saturated heterocycles. The Morgan fingerprint density at radius 3 is 2.62 bits per heavy atom. The summed E-state index contributed by atoms with van der Waals surface area (Å²) in [5, 5.41) is 3.19. The molecule has 0 aliphatic heterocycles. The van der Waals surface area contributed by atoms with Gasteiger partial charge in [-0.2, -0.15) is 0 Å². The third-order valence-corrected chi connectivity index (χ3v) is 2.90. The summed E-state index contributed by atoms with van der Waals surface area (Å²) in [7, 11) is 0. The second-order valence-corrected chi connectivity index (χ2v) is 4.99. The Kier molecular flexibility index (Phi) is 4.37. The van der Waals surface area contributed by atoms with Gasteiger partial charge < -0.3 is 10.2 Å². The average molecular weight is 222 g/mol. The Balaban J connectivity index is 2.61. The summed E-state index contributed by atoms with van der Waals surface area (Å²) in [4.78, 5) is 14.1. The number of rotatable bonds is 6. The molecule has 1 N–H and O–H groups in total. The number of nitrogens with zero attached hydrogens (tertiary/aromatic N) is 1. The monoisotopic (exact) mass is 222 g/mol. The Hall–Kier alpha value is -1.01. The maximum absolute atomic E-state index is 12.3. The number of likely N-dealkylation sites (N-methyl/N-ethyl adjacent to an activating group) is 1. The van der Waals surface area contributed by atoms with Crippen LogP contribution in [0, 0.1) is 18.3 Å². The molecule has 1 amide bonds. The zero-order valence-corrected chi connectivity index (χ0v) is 10.5. The van der Waals surface area contributed by atoms with Crippen molar-refractivity contribution in [1.29, 1.82) is 0 Å². The molecule has 0 spiro atoms. The van der Waals surface area contributed by atoms with E-state index < -0.39 is 5.54 Å². The van der Waals surface area contributed by atoms with Crippen molar-refractivity contribution in [1.82, 2.24) is 10.2 Å². The topological polar surface area (TPSA) is 32.3 Å². The fourth-order valence-electron chi connectivity index (χ4n) is 1.85. The van der Waals surface area contributed by atoms with E-state index in [0.29, 0.717) is 12.5 Å². The molecule has 0 bridgehead atoms. The molecule has 0 unspecified atom stereocenters. The van der Waals surface area contributed by atoms with E-state index in [-0.39, 0.29) is 5.91 Å². The number of carbonyl (C=O) groups excluding carboxylic acids is 1. The molecule has 0 aromatic heterocycles. The molecule has 1 saturated carbocycles. The average Bonchev–Trinajstić information content (AvgIpc) is 3.00. The van der Waals surface area contributed by atoms with Gasteiger partial charge in [-0.15, -0.1) is 6.42 Å². The quantitative estimate of drug-likeness (QED) is 0.686. The third-order valence-electron chi connectivity index (χ3n) is 2.90. The van der Waals surface area contributed by atoms with Gasteiger partial charge in [0.2, 0.25) is 5.91 Å². The van der Waals surface area contributed by atoms with Crippen molar-refractivity contribution in [2.24, 2.45) is 5.92 Å². The van der Waals surface area contributed by atoms with Crippen molar-refractivity contribution in [2.45, 2.75) is 39.2 Å². The Morgan fingerprint density at radius 2 is 2.19 bits per heavy atom. The van der Waals surface area contributed by atoms with Crippen LogP contribution >= 0.6 is 0 Å². The van der Waals surface area contributed by atoms with Gasteiger partial charge in [-0.1, -0.05) is 12.8 Å². The Bertz CT molecular complexity index is 287. The lowest BCUT2D eigenvalue weighted by atomic mass is 10.0. The van der Waals surface area contributed by atoms with Gasteiger partial charge in [0.05, 0.1) is 12.1 Å². The fourth-order valence-corrected chi connectivity index (χ4v) is 1.85. The molecule has 3 nitrogen and oxygen atoms in total. The first-order valence-electron chi connectivity index (χ1n) is 5.99. The lowest BCUT2D eigenvalue weighted by molar-refractivity contribution is -0.136. The van der Waals surface area contributed by atoms with E-state index in [0.717, 1.165) is 13.1 Å². The molecular formula is C13H22N2O. The molecule has 1 aliphatic rings. The summed E-state index contributed by atoms with van der Waals surface area (Å²) >= 11 is 0. The molecule has 0 heterocycles. The molecule has 0 aromatic rings. The van der Waals surface area contributed by atoms with E-state index in [2.05, 4.69) is 11.2 Å². The van der Waals surface area contributed by atoms with E-state index in [4.69, 9.17) is 6.42 Å². The van der Waals surface area contributed by atoms with Gasteiger partial charge >= 0.3 is 0 Å². The van der Waals surface area contributed by atoms with Gasteiger partial charge in [-0.25, -0.2) is 0 Å².